The molecule has 3 rings (SSSR count). The van der Waals surface area contributed by atoms with Crippen molar-refractivity contribution in [3.05, 3.63) is 66.0 Å². The molecule has 2 aliphatic rings. The molecular weight excluding hydrogens is 230 g/mol. The van der Waals surface area contributed by atoms with Crippen molar-refractivity contribution in [1.82, 2.24) is 10.0 Å². The van der Waals surface area contributed by atoms with Gasteiger partial charge >= 0.3 is 0 Å². The van der Waals surface area contributed by atoms with Gasteiger partial charge in [0.2, 0.25) is 0 Å². The second-order valence-corrected chi connectivity index (χ2v) is 3.66. The lowest BCUT2D eigenvalue weighted by molar-refractivity contribution is 0.0105. The maximum atomic E-state index is 9.14. The molecule has 0 radical (unpaired) electrons. The number of pyridine rings is 1. The Kier molecular flexibility index (Phi) is 2.54. The molecule has 1 aromatic rings. The number of allylic oxidation sites excluding steroid dienone is 3. The van der Waals surface area contributed by atoms with Gasteiger partial charge in [-0.25, -0.2) is 10.1 Å². The molecule has 0 spiro atoms. The molecular formula is C12H9N5O. The van der Waals surface area contributed by atoms with Crippen molar-refractivity contribution in [2.75, 3.05) is 0 Å². The average molecular weight is 239 g/mol. The summed E-state index contributed by atoms with van der Waals surface area (Å²) in [4.78, 5) is 8.28. The maximum Gasteiger partial charge on any atom is 0.184 e. The van der Waals surface area contributed by atoms with E-state index in [0.29, 0.717) is 11.7 Å². The minimum absolute atomic E-state index is 0.530. The molecule has 0 aromatic carbocycles. The number of aliphatic imine (C=N–C) groups is 1. The van der Waals surface area contributed by atoms with Crippen LogP contribution in [0, 0.1) is 0 Å². The Balaban J connectivity index is 1.94. The summed E-state index contributed by atoms with van der Waals surface area (Å²) in [5.41, 5.74) is 1.67. The first-order valence-electron chi connectivity index (χ1n) is 5.32. The van der Waals surface area contributed by atoms with E-state index >= 15 is 0 Å². The van der Waals surface area contributed by atoms with Gasteiger partial charge in [-0.15, -0.1) is 10.2 Å². The highest BCUT2D eigenvalue weighted by Gasteiger charge is 2.13. The van der Waals surface area contributed by atoms with Crippen LogP contribution in [0.3, 0.4) is 0 Å². The number of amidine groups is 1. The van der Waals surface area contributed by atoms with Crippen LogP contribution in [-0.2, 0) is 0 Å². The first-order valence-corrected chi connectivity index (χ1v) is 5.32. The summed E-state index contributed by atoms with van der Waals surface area (Å²) < 4.78 is 0. The average Bonchev–Trinajstić information content (AvgIpc) is 2.90. The van der Waals surface area contributed by atoms with Crippen LogP contribution in [-0.4, -0.2) is 21.1 Å². The molecule has 0 fully saturated rings. The first-order chi connectivity index (χ1) is 8.83. The lowest BCUT2D eigenvalue weighted by atomic mass is 10.2. The van der Waals surface area contributed by atoms with Crippen LogP contribution in [0.2, 0.25) is 0 Å². The number of hydrogen-bond acceptors (Lipinski definition) is 6. The summed E-state index contributed by atoms with van der Waals surface area (Å²) >= 11 is 0. The van der Waals surface area contributed by atoms with E-state index < -0.39 is 0 Å². The SMILES string of the molecule is ON1C=CC(=C2N=NC(c3ccncc3)=N2)C=C1. The van der Waals surface area contributed by atoms with E-state index in [1.807, 2.05) is 12.1 Å². The van der Waals surface area contributed by atoms with E-state index in [9.17, 15) is 0 Å². The number of rotatable bonds is 1. The fraction of sp³-hybridized carbons (Fsp3) is 0. The lowest BCUT2D eigenvalue weighted by Gasteiger charge is -2.09. The molecule has 0 atom stereocenters. The second-order valence-electron chi connectivity index (χ2n) is 3.66. The molecule has 0 amide bonds. The van der Waals surface area contributed by atoms with Gasteiger partial charge in [0, 0.05) is 35.9 Å². The third kappa shape index (κ3) is 1.96. The van der Waals surface area contributed by atoms with E-state index in [1.165, 1.54) is 12.4 Å². The van der Waals surface area contributed by atoms with Gasteiger partial charge in [0.15, 0.2) is 11.7 Å². The number of hydroxylamine groups is 2. The minimum Gasteiger partial charge on any atom is -0.285 e. The molecule has 3 heterocycles. The van der Waals surface area contributed by atoms with Crippen molar-refractivity contribution in [2.24, 2.45) is 15.2 Å². The van der Waals surface area contributed by atoms with Crippen LogP contribution in [0.25, 0.3) is 0 Å². The molecule has 0 saturated carbocycles. The van der Waals surface area contributed by atoms with Crippen molar-refractivity contribution in [3.8, 4) is 0 Å². The summed E-state index contributed by atoms with van der Waals surface area (Å²) in [6, 6.07) is 3.65. The Morgan fingerprint density at radius 1 is 1.00 bits per heavy atom. The van der Waals surface area contributed by atoms with E-state index in [4.69, 9.17) is 5.21 Å². The molecule has 18 heavy (non-hydrogen) atoms. The fourth-order valence-corrected chi connectivity index (χ4v) is 1.55. The van der Waals surface area contributed by atoms with Gasteiger partial charge in [0.05, 0.1) is 0 Å². The van der Waals surface area contributed by atoms with Crippen LogP contribution >= 0.6 is 0 Å². The summed E-state index contributed by atoms with van der Waals surface area (Å²) in [5.74, 6) is 1.09. The van der Waals surface area contributed by atoms with Gasteiger partial charge in [-0.3, -0.25) is 10.2 Å². The fourth-order valence-electron chi connectivity index (χ4n) is 1.55. The zero-order valence-electron chi connectivity index (χ0n) is 9.30. The summed E-state index contributed by atoms with van der Waals surface area (Å²) in [7, 11) is 0. The normalized spacial score (nSPS) is 17.6. The predicted octanol–water partition coefficient (Wildman–Crippen LogP) is 2.24. The van der Waals surface area contributed by atoms with Crippen LogP contribution in [0.1, 0.15) is 5.56 Å². The Morgan fingerprint density at radius 2 is 1.72 bits per heavy atom. The highest BCUT2D eigenvalue weighted by Crippen LogP contribution is 2.21. The molecule has 0 aliphatic carbocycles. The van der Waals surface area contributed by atoms with Gasteiger partial charge < -0.3 is 0 Å². The van der Waals surface area contributed by atoms with Crippen LogP contribution < -0.4 is 0 Å². The van der Waals surface area contributed by atoms with Crippen molar-refractivity contribution >= 4 is 5.84 Å². The molecule has 6 heteroatoms. The van der Waals surface area contributed by atoms with Crippen LogP contribution in [0.15, 0.2) is 75.7 Å². The Labute approximate surface area is 103 Å². The largest absolute Gasteiger partial charge is 0.285 e. The van der Waals surface area contributed by atoms with E-state index in [1.54, 1.807) is 24.5 Å². The molecule has 0 bridgehead atoms. The van der Waals surface area contributed by atoms with E-state index in [0.717, 1.165) is 16.2 Å². The molecule has 1 N–H and O–H groups in total. The number of hydrogen-bond donors (Lipinski definition) is 1. The zero-order valence-corrected chi connectivity index (χ0v) is 9.30. The molecule has 0 saturated heterocycles. The monoisotopic (exact) mass is 239 g/mol. The molecule has 2 aliphatic heterocycles. The number of nitrogens with zero attached hydrogens (tertiary/aromatic N) is 5. The maximum absolute atomic E-state index is 9.14. The van der Waals surface area contributed by atoms with Gasteiger partial charge in [-0.1, -0.05) is 0 Å². The van der Waals surface area contributed by atoms with Gasteiger partial charge in [0.1, 0.15) is 0 Å². The Bertz CT molecular complexity index is 597. The van der Waals surface area contributed by atoms with Gasteiger partial charge in [0.25, 0.3) is 0 Å². The highest BCUT2D eigenvalue weighted by atomic mass is 16.5. The summed E-state index contributed by atoms with van der Waals surface area (Å²) in [6.07, 6.45) is 9.82. The van der Waals surface area contributed by atoms with Gasteiger partial charge in [-0.2, -0.15) is 0 Å². The quantitative estimate of drug-likeness (QED) is 0.816. The highest BCUT2D eigenvalue weighted by molar-refractivity contribution is 6.00. The zero-order chi connectivity index (χ0) is 12.4. The van der Waals surface area contributed by atoms with E-state index in [-0.39, 0.29) is 0 Å². The standard InChI is InChI=1S/C12H9N5O/c18-17-7-3-10(4-8-17)12-14-11(15-16-12)9-1-5-13-6-2-9/h1-8,18H. The minimum atomic E-state index is 0.530. The second kappa shape index (κ2) is 4.34. The van der Waals surface area contributed by atoms with Gasteiger partial charge in [-0.05, 0) is 24.3 Å². The molecule has 6 nitrogen and oxygen atoms in total. The Morgan fingerprint density at radius 3 is 2.44 bits per heavy atom. The summed E-state index contributed by atoms with van der Waals surface area (Å²) in [6.45, 7) is 0. The first kappa shape index (κ1) is 10.5. The lowest BCUT2D eigenvalue weighted by Crippen LogP contribution is -2.04. The molecule has 0 unspecified atom stereocenters. The predicted molar refractivity (Wildman–Crippen MR) is 64.6 cm³/mol. The molecule has 1 aromatic heterocycles. The smallest absolute Gasteiger partial charge is 0.184 e. The third-order valence-electron chi connectivity index (χ3n) is 2.46. The molecule has 88 valence electrons. The van der Waals surface area contributed by atoms with Crippen LogP contribution in [0.5, 0.6) is 0 Å². The van der Waals surface area contributed by atoms with E-state index in [2.05, 4.69) is 20.2 Å². The number of azo groups is 1. The van der Waals surface area contributed by atoms with Crippen molar-refractivity contribution in [3.63, 3.8) is 0 Å². The van der Waals surface area contributed by atoms with Crippen LogP contribution in [0.4, 0.5) is 0 Å². The number of aromatic nitrogens is 1. The third-order valence-corrected chi connectivity index (χ3v) is 2.46. The van der Waals surface area contributed by atoms with Crippen molar-refractivity contribution in [2.45, 2.75) is 0 Å². The Hall–Kier alpha value is -2.60. The van der Waals surface area contributed by atoms with Crippen molar-refractivity contribution < 1.29 is 5.21 Å². The summed E-state index contributed by atoms with van der Waals surface area (Å²) in [5, 5.41) is 18.1. The van der Waals surface area contributed by atoms with Crippen molar-refractivity contribution in [1.29, 1.82) is 0 Å². The topological polar surface area (TPSA) is 73.4 Å².